The number of furan rings is 1. The molecule has 2 heterocycles. The van der Waals surface area contributed by atoms with Gasteiger partial charge in [-0.05, 0) is 26.0 Å². The van der Waals surface area contributed by atoms with E-state index in [-0.39, 0.29) is 5.91 Å². The molecular weight excluding hydrogens is 264 g/mol. The molecule has 2 aromatic rings. The lowest BCUT2D eigenvalue weighted by molar-refractivity contribution is -0.127. The van der Waals surface area contributed by atoms with Crippen LogP contribution in [0, 0.1) is 13.8 Å². The Morgan fingerprint density at radius 1 is 1.47 bits per heavy atom. The van der Waals surface area contributed by atoms with Gasteiger partial charge in [0.2, 0.25) is 5.91 Å². The normalized spacial score (nSPS) is 10.7. The molecule has 0 aliphatic heterocycles. The van der Waals surface area contributed by atoms with Crippen molar-refractivity contribution in [1.29, 1.82) is 0 Å². The summed E-state index contributed by atoms with van der Waals surface area (Å²) in [5.41, 5.74) is 0.860. The molecule has 0 aliphatic rings. The van der Waals surface area contributed by atoms with E-state index in [1.165, 1.54) is 11.8 Å². The maximum absolute atomic E-state index is 11.9. The van der Waals surface area contributed by atoms with Gasteiger partial charge < -0.3 is 13.7 Å². The molecule has 0 aromatic carbocycles. The molecule has 2 rings (SSSR count). The highest BCUT2D eigenvalue weighted by Crippen LogP contribution is 2.20. The van der Waals surface area contributed by atoms with Gasteiger partial charge >= 0.3 is 0 Å². The van der Waals surface area contributed by atoms with Gasteiger partial charge in [0, 0.05) is 7.05 Å². The fraction of sp³-hybridized carbons (Fsp3) is 0.385. The van der Waals surface area contributed by atoms with Crippen molar-refractivity contribution in [2.75, 3.05) is 12.8 Å². The summed E-state index contributed by atoms with van der Waals surface area (Å²) < 4.78 is 10.6. The van der Waals surface area contributed by atoms with Gasteiger partial charge in [0.25, 0.3) is 5.22 Å². The molecule has 0 radical (unpaired) electrons. The van der Waals surface area contributed by atoms with E-state index in [9.17, 15) is 4.79 Å². The molecule has 0 aliphatic carbocycles. The highest BCUT2D eigenvalue weighted by Gasteiger charge is 2.13. The Morgan fingerprint density at radius 2 is 2.26 bits per heavy atom. The lowest BCUT2D eigenvalue weighted by Crippen LogP contribution is -2.27. The van der Waals surface area contributed by atoms with Gasteiger partial charge in [-0.15, -0.1) is 0 Å². The Balaban J connectivity index is 1.83. The number of rotatable bonds is 5. The van der Waals surface area contributed by atoms with Crippen molar-refractivity contribution in [2.45, 2.75) is 25.6 Å². The smallest absolute Gasteiger partial charge is 0.256 e. The van der Waals surface area contributed by atoms with E-state index in [0.29, 0.717) is 17.5 Å². The van der Waals surface area contributed by atoms with E-state index in [1.807, 2.05) is 19.9 Å². The molecule has 6 heteroatoms. The predicted molar refractivity (Wildman–Crippen MR) is 71.9 cm³/mol. The van der Waals surface area contributed by atoms with E-state index in [0.717, 1.165) is 17.2 Å². The second kappa shape index (κ2) is 5.97. The summed E-state index contributed by atoms with van der Waals surface area (Å²) in [5, 5.41) is 0.537. The van der Waals surface area contributed by atoms with Crippen LogP contribution in [0.1, 0.15) is 17.2 Å². The number of hydrogen-bond acceptors (Lipinski definition) is 5. The summed E-state index contributed by atoms with van der Waals surface area (Å²) >= 11 is 1.30. The average Bonchev–Trinajstić information content (AvgIpc) is 2.97. The predicted octanol–water partition coefficient (Wildman–Crippen LogP) is 2.64. The third-order valence-electron chi connectivity index (χ3n) is 2.73. The van der Waals surface area contributed by atoms with Gasteiger partial charge in [-0.2, -0.15) is 0 Å². The molecule has 102 valence electrons. The zero-order valence-corrected chi connectivity index (χ0v) is 12.0. The zero-order valence-electron chi connectivity index (χ0n) is 11.2. The van der Waals surface area contributed by atoms with Gasteiger partial charge in [-0.25, -0.2) is 4.98 Å². The molecule has 0 atom stereocenters. The van der Waals surface area contributed by atoms with Crippen molar-refractivity contribution in [3.8, 4) is 0 Å². The molecule has 1 amide bonds. The third-order valence-corrected chi connectivity index (χ3v) is 3.54. The minimum atomic E-state index is 0.00917. The third kappa shape index (κ3) is 3.64. The van der Waals surface area contributed by atoms with Crippen LogP contribution in [0.3, 0.4) is 0 Å². The van der Waals surface area contributed by atoms with E-state index in [2.05, 4.69) is 4.98 Å². The van der Waals surface area contributed by atoms with Crippen LogP contribution in [0.4, 0.5) is 0 Å². The monoisotopic (exact) mass is 280 g/mol. The second-order valence-corrected chi connectivity index (χ2v) is 5.17. The maximum atomic E-state index is 11.9. The van der Waals surface area contributed by atoms with E-state index in [1.54, 1.807) is 24.3 Å². The Kier molecular flexibility index (Phi) is 4.31. The molecule has 0 N–H and O–H groups in total. The highest BCUT2D eigenvalue weighted by molar-refractivity contribution is 7.99. The summed E-state index contributed by atoms with van der Waals surface area (Å²) in [6.45, 7) is 4.21. The number of aromatic nitrogens is 1. The first kappa shape index (κ1) is 13.7. The number of nitrogens with zero attached hydrogens (tertiary/aromatic N) is 2. The molecule has 0 unspecified atom stereocenters. The fourth-order valence-electron chi connectivity index (χ4n) is 1.46. The van der Waals surface area contributed by atoms with Gasteiger partial charge in [0.05, 0.1) is 24.3 Å². The molecule has 0 spiro atoms. The maximum Gasteiger partial charge on any atom is 0.256 e. The van der Waals surface area contributed by atoms with Crippen LogP contribution < -0.4 is 0 Å². The molecule has 0 saturated heterocycles. The zero-order chi connectivity index (χ0) is 13.8. The molecule has 0 bridgehead atoms. The fourth-order valence-corrected chi connectivity index (χ4v) is 2.32. The molecule has 2 aromatic heterocycles. The average molecular weight is 280 g/mol. The molecule has 0 saturated carbocycles. The Bertz CT molecular complexity index is 529. The SMILES string of the molecule is Cc1nc(SCC(=O)N(C)Cc2ccco2)oc1C. The van der Waals surface area contributed by atoms with Crippen LogP contribution in [0.5, 0.6) is 0 Å². The van der Waals surface area contributed by atoms with Gasteiger partial charge in [-0.1, -0.05) is 11.8 Å². The number of amides is 1. The summed E-state index contributed by atoms with van der Waals surface area (Å²) in [6.07, 6.45) is 1.60. The molecule has 0 fully saturated rings. The van der Waals surface area contributed by atoms with Gasteiger partial charge in [0.1, 0.15) is 11.5 Å². The Morgan fingerprint density at radius 3 is 2.84 bits per heavy atom. The lowest BCUT2D eigenvalue weighted by atomic mass is 10.4. The highest BCUT2D eigenvalue weighted by atomic mass is 32.2. The molecule has 5 nitrogen and oxygen atoms in total. The number of carbonyl (C=O) groups is 1. The standard InChI is InChI=1S/C13H16N2O3S/c1-9-10(2)18-13(14-9)19-8-12(16)15(3)7-11-5-4-6-17-11/h4-6H,7-8H2,1-3H3. The van der Waals surface area contributed by atoms with Crippen molar-refractivity contribution in [3.63, 3.8) is 0 Å². The van der Waals surface area contributed by atoms with Crippen LogP contribution >= 0.6 is 11.8 Å². The van der Waals surface area contributed by atoms with Crippen LogP contribution in [-0.2, 0) is 11.3 Å². The summed E-state index contributed by atoms with van der Waals surface area (Å²) in [6, 6.07) is 3.65. The second-order valence-electron chi connectivity index (χ2n) is 4.24. The largest absolute Gasteiger partial charge is 0.467 e. The first-order valence-electron chi connectivity index (χ1n) is 5.89. The van der Waals surface area contributed by atoms with E-state index in [4.69, 9.17) is 8.83 Å². The number of hydrogen-bond donors (Lipinski definition) is 0. The van der Waals surface area contributed by atoms with Crippen molar-refractivity contribution >= 4 is 17.7 Å². The van der Waals surface area contributed by atoms with Crippen LogP contribution in [0.15, 0.2) is 32.5 Å². The Hall–Kier alpha value is -1.69. The number of carbonyl (C=O) groups excluding carboxylic acids is 1. The topological polar surface area (TPSA) is 59.5 Å². The molecular formula is C13H16N2O3S. The number of oxazole rings is 1. The number of aryl methyl sites for hydroxylation is 2. The first-order valence-corrected chi connectivity index (χ1v) is 6.88. The van der Waals surface area contributed by atoms with Gasteiger partial charge in [0.15, 0.2) is 0 Å². The van der Waals surface area contributed by atoms with Crippen LogP contribution in [-0.4, -0.2) is 28.6 Å². The van der Waals surface area contributed by atoms with E-state index >= 15 is 0 Å². The van der Waals surface area contributed by atoms with E-state index < -0.39 is 0 Å². The Labute approximate surface area is 116 Å². The van der Waals surface area contributed by atoms with Crippen molar-refractivity contribution < 1.29 is 13.6 Å². The van der Waals surface area contributed by atoms with Crippen molar-refractivity contribution in [2.24, 2.45) is 0 Å². The summed E-state index contributed by atoms with van der Waals surface area (Å²) in [5.74, 6) is 1.87. The van der Waals surface area contributed by atoms with Crippen LogP contribution in [0.25, 0.3) is 0 Å². The summed E-state index contributed by atoms with van der Waals surface area (Å²) in [7, 11) is 1.75. The number of thioether (sulfide) groups is 1. The minimum absolute atomic E-state index is 0.00917. The lowest BCUT2D eigenvalue weighted by Gasteiger charge is -2.14. The van der Waals surface area contributed by atoms with Crippen molar-refractivity contribution in [1.82, 2.24) is 9.88 Å². The minimum Gasteiger partial charge on any atom is -0.467 e. The summed E-state index contributed by atoms with van der Waals surface area (Å²) in [4.78, 5) is 17.8. The quantitative estimate of drug-likeness (QED) is 0.788. The molecule has 19 heavy (non-hydrogen) atoms. The van der Waals surface area contributed by atoms with Gasteiger partial charge in [-0.3, -0.25) is 4.79 Å². The van der Waals surface area contributed by atoms with Crippen LogP contribution in [0.2, 0.25) is 0 Å². The van der Waals surface area contributed by atoms with Crippen molar-refractivity contribution in [3.05, 3.63) is 35.6 Å². The first-order chi connectivity index (χ1) is 9.06.